The molecule has 0 radical (unpaired) electrons. The van der Waals surface area contributed by atoms with Crippen LogP contribution in [0.3, 0.4) is 0 Å². The van der Waals surface area contributed by atoms with E-state index < -0.39 is 7.82 Å². The zero-order valence-corrected chi connectivity index (χ0v) is 8.87. The lowest BCUT2D eigenvalue weighted by Gasteiger charge is -2.13. The molecule has 0 saturated heterocycles. The Morgan fingerprint density at radius 2 is 2.15 bits per heavy atom. The van der Waals surface area contributed by atoms with Gasteiger partial charge in [-0.2, -0.15) is 0 Å². The Labute approximate surface area is 78.6 Å². The third kappa shape index (κ3) is 8.15. The van der Waals surface area contributed by atoms with E-state index in [4.69, 9.17) is 4.89 Å². The minimum Gasteiger partial charge on any atom is -0.307 e. The van der Waals surface area contributed by atoms with E-state index in [2.05, 4.69) is 15.6 Å². The van der Waals surface area contributed by atoms with E-state index in [1.807, 2.05) is 19.0 Å². The molecule has 78 valence electrons. The van der Waals surface area contributed by atoms with Gasteiger partial charge in [-0.05, 0) is 14.1 Å². The zero-order valence-electron chi connectivity index (χ0n) is 7.97. The maximum atomic E-state index is 11.0. The molecule has 1 N–H and O–H groups in total. The van der Waals surface area contributed by atoms with Crippen molar-refractivity contribution in [2.45, 2.75) is 0 Å². The largest absolute Gasteiger partial charge is 0.472 e. The molecule has 6 heteroatoms. The van der Waals surface area contributed by atoms with Crippen LogP contribution < -0.4 is 0 Å². The van der Waals surface area contributed by atoms with E-state index in [0.29, 0.717) is 6.54 Å². The number of phosphoric ester groups is 1. The van der Waals surface area contributed by atoms with Crippen LogP contribution in [-0.4, -0.2) is 43.6 Å². The normalized spacial score (nSPS) is 15.7. The Morgan fingerprint density at radius 3 is 2.62 bits per heavy atom. The van der Waals surface area contributed by atoms with Crippen molar-refractivity contribution in [3.05, 3.63) is 12.7 Å². The topological polar surface area (TPSA) is 59.0 Å². The second-order valence-corrected chi connectivity index (χ2v) is 4.14. The quantitative estimate of drug-likeness (QED) is 0.498. The van der Waals surface area contributed by atoms with Crippen LogP contribution in [-0.2, 0) is 13.6 Å². The van der Waals surface area contributed by atoms with Crippen LogP contribution in [0.25, 0.3) is 0 Å². The van der Waals surface area contributed by atoms with Gasteiger partial charge in [-0.15, -0.1) is 6.58 Å². The Kier molecular flexibility index (Phi) is 6.20. The van der Waals surface area contributed by atoms with Crippen molar-refractivity contribution >= 4 is 7.82 Å². The first-order valence-corrected chi connectivity index (χ1v) is 5.35. The van der Waals surface area contributed by atoms with Crippen LogP contribution in [0.1, 0.15) is 0 Å². The standard InChI is InChI=1S/C7H16NO4P/c1-4-6-11-13(9,10)12-7-5-8(2)3/h4H,1,5-7H2,2-3H3,(H,9,10). The number of nitrogens with zero attached hydrogens (tertiary/aromatic N) is 1. The minimum absolute atomic E-state index is 0.00966. The predicted octanol–water partition coefficient (Wildman–Crippen LogP) is 0.868. The summed E-state index contributed by atoms with van der Waals surface area (Å²) in [5, 5.41) is 0. The van der Waals surface area contributed by atoms with Gasteiger partial charge < -0.3 is 9.79 Å². The van der Waals surface area contributed by atoms with Gasteiger partial charge >= 0.3 is 7.82 Å². The van der Waals surface area contributed by atoms with E-state index in [-0.39, 0.29) is 13.2 Å². The van der Waals surface area contributed by atoms with Crippen LogP contribution in [0.5, 0.6) is 0 Å². The van der Waals surface area contributed by atoms with Crippen molar-refractivity contribution < 1.29 is 18.5 Å². The van der Waals surface area contributed by atoms with E-state index in [1.165, 1.54) is 6.08 Å². The summed E-state index contributed by atoms with van der Waals surface area (Å²) in [4.78, 5) is 10.8. The van der Waals surface area contributed by atoms with E-state index in [0.717, 1.165) is 0 Å². The lowest BCUT2D eigenvalue weighted by Crippen LogP contribution is -2.17. The average molecular weight is 209 g/mol. The molecule has 0 bridgehead atoms. The maximum absolute atomic E-state index is 11.0. The highest BCUT2D eigenvalue weighted by Crippen LogP contribution is 2.42. The molecule has 13 heavy (non-hydrogen) atoms. The van der Waals surface area contributed by atoms with Crippen LogP contribution in [0.2, 0.25) is 0 Å². The number of hydrogen-bond donors (Lipinski definition) is 1. The van der Waals surface area contributed by atoms with Crippen molar-refractivity contribution in [2.24, 2.45) is 0 Å². The van der Waals surface area contributed by atoms with Gasteiger partial charge in [0.1, 0.15) is 0 Å². The molecule has 0 aromatic carbocycles. The average Bonchev–Trinajstić information content (AvgIpc) is 2.00. The van der Waals surface area contributed by atoms with Crippen LogP contribution in [0.4, 0.5) is 0 Å². The van der Waals surface area contributed by atoms with E-state index in [9.17, 15) is 4.57 Å². The highest BCUT2D eigenvalue weighted by Gasteiger charge is 2.19. The van der Waals surface area contributed by atoms with Crippen LogP contribution in [0.15, 0.2) is 12.7 Å². The molecule has 0 heterocycles. The fourth-order valence-electron chi connectivity index (χ4n) is 0.523. The summed E-state index contributed by atoms with van der Waals surface area (Å²) < 4.78 is 20.2. The predicted molar refractivity (Wildman–Crippen MR) is 50.5 cm³/mol. The second-order valence-electron chi connectivity index (χ2n) is 2.69. The molecular weight excluding hydrogens is 193 g/mol. The highest BCUT2D eigenvalue weighted by atomic mass is 31.2. The summed E-state index contributed by atoms with van der Waals surface area (Å²) in [7, 11) is -0.176. The number of phosphoric acid groups is 1. The Bertz CT molecular complexity index is 195. The molecule has 0 aliphatic heterocycles. The van der Waals surface area contributed by atoms with Crippen molar-refractivity contribution in [1.29, 1.82) is 0 Å². The molecule has 5 nitrogen and oxygen atoms in total. The van der Waals surface area contributed by atoms with Gasteiger partial charge in [0.15, 0.2) is 0 Å². The molecule has 0 aliphatic rings. The van der Waals surface area contributed by atoms with Gasteiger partial charge in [0, 0.05) is 6.54 Å². The van der Waals surface area contributed by atoms with Crippen molar-refractivity contribution in [3.63, 3.8) is 0 Å². The van der Waals surface area contributed by atoms with Gasteiger partial charge in [0.05, 0.1) is 13.2 Å². The van der Waals surface area contributed by atoms with Gasteiger partial charge in [-0.3, -0.25) is 9.05 Å². The third-order valence-corrected chi connectivity index (χ3v) is 2.13. The minimum atomic E-state index is -3.86. The fraction of sp³-hybridized carbons (Fsp3) is 0.714. The zero-order chi connectivity index (χ0) is 10.3. The molecule has 0 fully saturated rings. The molecule has 0 saturated carbocycles. The van der Waals surface area contributed by atoms with Crippen molar-refractivity contribution in [3.8, 4) is 0 Å². The van der Waals surface area contributed by atoms with Crippen LogP contribution in [0, 0.1) is 0 Å². The molecule has 0 aromatic heterocycles. The molecule has 0 aromatic rings. The number of hydrogen-bond acceptors (Lipinski definition) is 4. The van der Waals surface area contributed by atoms with Gasteiger partial charge in [-0.25, -0.2) is 4.57 Å². The molecular formula is C7H16NO4P. The lowest BCUT2D eigenvalue weighted by atomic mass is 10.6. The van der Waals surface area contributed by atoms with E-state index in [1.54, 1.807) is 0 Å². The van der Waals surface area contributed by atoms with E-state index >= 15 is 0 Å². The highest BCUT2D eigenvalue weighted by molar-refractivity contribution is 7.47. The molecule has 1 atom stereocenters. The lowest BCUT2D eigenvalue weighted by molar-refractivity contribution is 0.150. The number of rotatable bonds is 7. The van der Waals surface area contributed by atoms with Crippen LogP contribution >= 0.6 is 7.82 Å². The van der Waals surface area contributed by atoms with Gasteiger partial charge in [0.25, 0.3) is 0 Å². The maximum Gasteiger partial charge on any atom is 0.472 e. The molecule has 0 aliphatic carbocycles. The molecule has 0 rings (SSSR count). The monoisotopic (exact) mass is 209 g/mol. The Morgan fingerprint density at radius 1 is 1.54 bits per heavy atom. The summed E-state index contributed by atoms with van der Waals surface area (Å²) in [6.45, 7) is 4.10. The Balaban J connectivity index is 3.62. The van der Waals surface area contributed by atoms with Gasteiger partial charge in [0.2, 0.25) is 0 Å². The Hall–Kier alpha value is -0.190. The number of likely N-dealkylation sites (N-methyl/N-ethyl adjacent to an activating group) is 1. The van der Waals surface area contributed by atoms with Crippen molar-refractivity contribution in [1.82, 2.24) is 4.90 Å². The summed E-state index contributed by atoms with van der Waals surface area (Å²) in [6.07, 6.45) is 1.39. The van der Waals surface area contributed by atoms with Gasteiger partial charge in [-0.1, -0.05) is 6.08 Å². The second kappa shape index (κ2) is 6.29. The first-order valence-electron chi connectivity index (χ1n) is 3.85. The molecule has 0 amide bonds. The SMILES string of the molecule is C=CCOP(=O)(O)OCCN(C)C. The smallest absolute Gasteiger partial charge is 0.307 e. The first-order chi connectivity index (χ1) is 5.98. The summed E-state index contributed by atoms with van der Waals surface area (Å²) in [5.74, 6) is 0. The molecule has 1 unspecified atom stereocenters. The summed E-state index contributed by atoms with van der Waals surface area (Å²) in [5.41, 5.74) is 0. The summed E-state index contributed by atoms with van der Waals surface area (Å²) in [6, 6.07) is 0. The fourth-order valence-corrected chi connectivity index (χ4v) is 1.20. The van der Waals surface area contributed by atoms with Crippen molar-refractivity contribution in [2.75, 3.05) is 33.9 Å². The first kappa shape index (κ1) is 12.8. The third-order valence-electron chi connectivity index (χ3n) is 1.15. The summed E-state index contributed by atoms with van der Waals surface area (Å²) >= 11 is 0. The molecule has 0 spiro atoms.